The van der Waals surface area contributed by atoms with E-state index in [-0.39, 0.29) is 0 Å². The highest BCUT2D eigenvalue weighted by molar-refractivity contribution is 7.98. The predicted octanol–water partition coefficient (Wildman–Crippen LogP) is 3.06. The van der Waals surface area contributed by atoms with Crippen LogP contribution in [0.2, 0.25) is 0 Å². The summed E-state index contributed by atoms with van der Waals surface area (Å²) in [5.74, 6) is 0.798. The Hall–Kier alpha value is -0.510. The lowest BCUT2D eigenvalue weighted by molar-refractivity contribution is 0.348. The third kappa shape index (κ3) is 4.01. The van der Waals surface area contributed by atoms with Gasteiger partial charge < -0.3 is 10.6 Å². The van der Waals surface area contributed by atoms with Gasteiger partial charge in [0.15, 0.2) is 0 Å². The third-order valence-electron chi connectivity index (χ3n) is 3.73. The minimum Gasteiger partial charge on any atom is -0.316 e. The van der Waals surface area contributed by atoms with Crippen molar-refractivity contribution in [3.8, 4) is 0 Å². The molecular weight excluding hydrogens is 240 g/mol. The Kier molecular flexibility index (Phi) is 5.54. The standard InChI is InChI=1S/C15H24N2S/c1-12(14-5-7-15(18-2)8-6-14)17-11-13-4-3-9-16-10-13/h5-8,12-13,16-17H,3-4,9-11H2,1-2H3. The molecule has 0 spiro atoms. The molecule has 2 unspecified atom stereocenters. The Balaban J connectivity index is 1.80. The average Bonchev–Trinajstić information content (AvgIpc) is 2.46. The number of piperidine rings is 1. The van der Waals surface area contributed by atoms with Crippen molar-refractivity contribution in [1.82, 2.24) is 10.6 Å². The van der Waals surface area contributed by atoms with Crippen LogP contribution >= 0.6 is 11.8 Å². The summed E-state index contributed by atoms with van der Waals surface area (Å²) in [5, 5.41) is 7.13. The van der Waals surface area contributed by atoms with Crippen LogP contribution in [0.1, 0.15) is 31.4 Å². The topological polar surface area (TPSA) is 24.1 Å². The van der Waals surface area contributed by atoms with Crippen LogP contribution in [0.25, 0.3) is 0 Å². The Bertz CT molecular complexity index is 344. The number of benzene rings is 1. The molecular formula is C15H24N2S. The van der Waals surface area contributed by atoms with Crippen LogP contribution in [0.4, 0.5) is 0 Å². The predicted molar refractivity (Wildman–Crippen MR) is 80.2 cm³/mol. The normalized spacial score (nSPS) is 21.8. The molecule has 1 aliphatic heterocycles. The van der Waals surface area contributed by atoms with Crippen molar-refractivity contribution in [1.29, 1.82) is 0 Å². The zero-order valence-electron chi connectivity index (χ0n) is 11.4. The van der Waals surface area contributed by atoms with Gasteiger partial charge in [0.1, 0.15) is 0 Å². The highest BCUT2D eigenvalue weighted by atomic mass is 32.2. The molecule has 1 aromatic carbocycles. The highest BCUT2D eigenvalue weighted by Crippen LogP contribution is 2.19. The van der Waals surface area contributed by atoms with E-state index >= 15 is 0 Å². The Morgan fingerprint density at radius 3 is 2.78 bits per heavy atom. The van der Waals surface area contributed by atoms with Crippen molar-refractivity contribution >= 4 is 11.8 Å². The lowest BCUT2D eigenvalue weighted by Gasteiger charge is -2.25. The van der Waals surface area contributed by atoms with Gasteiger partial charge in [0.25, 0.3) is 0 Å². The van der Waals surface area contributed by atoms with E-state index in [0.29, 0.717) is 6.04 Å². The van der Waals surface area contributed by atoms with Gasteiger partial charge in [-0.25, -0.2) is 0 Å². The number of thioether (sulfide) groups is 1. The lowest BCUT2D eigenvalue weighted by Crippen LogP contribution is -2.36. The fourth-order valence-electron chi connectivity index (χ4n) is 2.45. The molecule has 1 saturated heterocycles. The van der Waals surface area contributed by atoms with Crippen molar-refractivity contribution in [2.75, 3.05) is 25.9 Å². The summed E-state index contributed by atoms with van der Waals surface area (Å²) in [6.07, 6.45) is 4.80. The monoisotopic (exact) mass is 264 g/mol. The van der Waals surface area contributed by atoms with Gasteiger partial charge in [-0.2, -0.15) is 0 Å². The van der Waals surface area contributed by atoms with Crippen LogP contribution in [0.5, 0.6) is 0 Å². The number of rotatable bonds is 5. The van der Waals surface area contributed by atoms with E-state index in [2.05, 4.69) is 48.1 Å². The second kappa shape index (κ2) is 7.17. The van der Waals surface area contributed by atoms with E-state index in [9.17, 15) is 0 Å². The quantitative estimate of drug-likeness (QED) is 0.799. The van der Waals surface area contributed by atoms with Crippen molar-refractivity contribution in [2.45, 2.75) is 30.7 Å². The molecule has 1 aromatic rings. The number of hydrogen-bond acceptors (Lipinski definition) is 3. The first-order valence-electron chi connectivity index (χ1n) is 6.87. The molecule has 18 heavy (non-hydrogen) atoms. The van der Waals surface area contributed by atoms with Crippen LogP contribution in [-0.4, -0.2) is 25.9 Å². The molecule has 2 nitrogen and oxygen atoms in total. The van der Waals surface area contributed by atoms with E-state index in [4.69, 9.17) is 0 Å². The molecule has 0 aliphatic carbocycles. The lowest BCUT2D eigenvalue weighted by atomic mass is 9.99. The summed E-state index contributed by atoms with van der Waals surface area (Å²) in [6.45, 7) is 5.75. The van der Waals surface area contributed by atoms with Gasteiger partial charge >= 0.3 is 0 Å². The van der Waals surface area contributed by atoms with Crippen molar-refractivity contribution < 1.29 is 0 Å². The molecule has 1 aliphatic rings. The smallest absolute Gasteiger partial charge is 0.0291 e. The van der Waals surface area contributed by atoms with E-state index in [0.717, 1.165) is 12.5 Å². The summed E-state index contributed by atoms with van der Waals surface area (Å²) in [4.78, 5) is 1.34. The summed E-state index contributed by atoms with van der Waals surface area (Å²) in [7, 11) is 0. The molecule has 0 saturated carbocycles. The van der Waals surface area contributed by atoms with Crippen molar-refractivity contribution in [3.63, 3.8) is 0 Å². The maximum atomic E-state index is 3.66. The van der Waals surface area contributed by atoms with Gasteiger partial charge in [-0.3, -0.25) is 0 Å². The van der Waals surface area contributed by atoms with Gasteiger partial charge in [0.2, 0.25) is 0 Å². The minimum absolute atomic E-state index is 0.447. The molecule has 3 heteroatoms. The molecule has 1 fully saturated rings. The second-order valence-corrected chi connectivity index (χ2v) is 6.00. The molecule has 2 rings (SSSR count). The van der Waals surface area contributed by atoms with Crippen LogP contribution < -0.4 is 10.6 Å². The molecule has 100 valence electrons. The van der Waals surface area contributed by atoms with Crippen LogP contribution in [0.15, 0.2) is 29.2 Å². The third-order valence-corrected chi connectivity index (χ3v) is 4.47. The molecule has 0 bridgehead atoms. The summed E-state index contributed by atoms with van der Waals surface area (Å²) >= 11 is 1.80. The summed E-state index contributed by atoms with van der Waals surface area (Å²) < 4.78 is 0. The van der Waals surface area contributed by atoms with Gasteiger partial charge in [0.05, 0.1) is 0 Å². The first-order valence-corrected chi connectivity index (χ1v) is 8.10. The van der Waals surface area contributed by atoms with Gasteiger partial charge in [0, 0.05) is 10.9 Å². The molecule has 2 atom stereocenters. The van der Waals surface area contributed by atoms with E-state index in [1.165, 1.54) is 36.4 Å². The van der Waals surface area contributed by atoms with Crippen molar-refractivity contribution in [3.05, 3.63) is 29.8 Å². The molecule has 0 amide bonds. The summed E-state index contributed by atoms with van der Waals surface area (Å²) in [5.41, 5.74) is 1.39. The maximum absolute atomic E-state index is 3.66. The first-order chi connectivity index (χ1) is 8.79. The minimum atomic E-state index is 0.447. The van der Waals surface area contributed by atoms with Crippen LogP contribution in [-0.2, 0) is 0 Å². The fraction of sp³-hybridized carbons (Fsp3) is 0.600. The average molecular weight is 264 g/mol. The van der Waals surface area contributed by atoms with Crippen molar-refractivity contribution in [2.24, 2.45) is 5.92 Å². The van der Waals surface area contributed by atoms with E-state index in [1.54, 1.807) is 11.8 Å². The summed E-state index contributed by atoms with van der Waals surface area (Å²) in [6, 6.07) is 9.34. The zero-order chi connectivity index (χ0) is 12.8. The van der Waals surface area contributed by atoms with Gasteiger partial charge in [-0.05, 0) is 69.3 Å². The highest BCUT2D eigenvalue weighted by Gasteiger charge is 2.14. The zero-order valence-corrected chi connectivity index (χ0v) is 12.2. The van der Waals surface area contributed by atoms with E-state index in [1.807, 2.05) is 0 Å². The van der Waals surface area contributed by atoms with Crippen LogP contribution in [0.3, 0.4) is 0 Å². The number of hydrogen-bond donors (Lipinski definition) is 2. The first kappa shape index (κ1) is 13.9. The maximum Gasteiger partial charge on any atom is 0.0291 e. The fourth-order valence-corrected chi connectivity index (χ4v) is 2.86. The largest absolute Gasteiger partial charge is 0.316 e. The Morgan fingerprint density at radius 1 is 1.39 bits per heavy atom. The molecule has 1 heterocycles. The molecule has 0 aromatic heterocycles. The van der Waals surface area contributed by atoms with Crippen LogP contribution in [0, 0.1) is 5.92 Å². The number of nitrogens with one attached hydrogen (secondary N) is 2. The van der Waals surface area contributed by atoms with Gasteiger partial charge in [-0.1, -0.05) is 12.1 Å². The molecule has 2 N–H and O–H groups in total. The second-order valence-electron chi connectivity index (χ2n) is 5.12. The Morgan fingerprint density at radius 2 is 2.17 bits per heavy atom. The van der Waals surface area contributed by atoms with Gasteiger partial charge in [-0.15, -0.1) is 11.8 Å². The van der Waals surface area contributed by atoms with E-state index < -0.39 is 0 Å². The molecule has 0 radical (unpaired) electrons. The SMILES string of the molecule is CSc1ccc(C(C)NCC2CCCNC2)cc1. The Labute approximate surface area is 115 Å².